The van der Waals surface area contributed by atoms with Crippen molar-refractivity contribution in [3.8, 4) is 16.9 Å². The predicted octanol–water partition coefficient (Wildman–Crippen LogP) is 3.13. The van der Waals surface area contributed by atoms with Crippen molar-refractivity contribution in [2.24, 2.45) is 7.05 Å². The van der Waals surface area contributed by atoms with Gasteiger partial charge in [0, 0.05) is 13.2 Å². The second-order valence-corrected chi connectivity index (χ2v) is 7.13. The van der Waals surface area contributed by atoms with Crippen LogP contribution in [0.2, 0.25) is 0 Å². The van der Waals surface area contributed by atoms with Gasteiger partial charge in [-0.2, -0.15) is 9.78 Å². The molecular weight excluding hydrogens is 332 g/mol. The Morgan fingerprint density at radius 3 is 2.42 bits per heavy atom. The zero-order chi connectivity index (χ0) is 19.1. The summed E-state index contributed by atoms with van der Waals surface area (Å²) < 4.78 is 9.78. The number of hydrogen-bond donors (Lipinski definition) is 0. The maximum Gasteiger partial charge on any atom is 0.435 e. The molecule has 3 aromatic rings. The van der Waals surface area contributed by atoms with E-state index in [1.165, 1.54) is 4.68 Å². The minimum Gasteiger partial charge on any atom is -0.442 e. The van der Waals surface area contributed by atoms with Crippen LogP contribution in [0, 0.1) is 6.92 Å². The van der Waals surface area contributed by atoms with Crippen molar-refractivity contribution in [2.45, 2.75) is 33.3 Å². The summed E-state index contributed by atoms with van der Waals surface area (Å²) in [4.78, 5) is 25.5. The first kappa shape index (κ1) is 17.7. The lowest BCUT2D eigenvalue weighted by molar-refractivity contribution is 0.0517. The van der Waals surface area contributed by atoms with Gasteiger partial charge < -0.3 is 4.74 Å². The smallest absolute Gasteiger partial charge is 0.435 e. The number of ether oxygens (including phenoxy) is 1. The molecule has 0 saturated carbocycles. The molecule has 7 heteroatoms. The fourth-order valence-corrected chi connectivity index (χ4v) is 2.74. The molecule has 2 aromatic heterocycles. The summed E-state index contributed by atoms with van der Waals surface area (Å²) in [5, 5.41) is 4.21. The highest BCUT2D eigenvalue weighted by atomic mass is 16.6. The molecular formula is C19H22N4O3. The first-order valence-corrected chi connectivity index (χ1v) is 8.32. The largest absolute Gasteiger partial charge is 0.442 e. The van der Waals surface area contributed by atoms with E-state index in [0.717, 1.165) is 10.4 Å². The minimum atomic E-state index is -0.658. The fourth-order valence-electron chi connectivity index (χ4n) is 2.74. The minimum absolute atomic E-state index is 0.233. The quantitative estimate of drug-likeness (QED) is 0.709. The Bertz CT molecular complexity index is 1000. The summed E-state index contributed by atoms with van der Waals surface area (Å²) in [5.74, 6) is 0. The van der Waals surface area contributed by atoms with Crippen LogP contribution in [0.4, 0.5) is 4.79 Å². The maximum absolute atomic E-state index is 13.0. The van der Waals surface area contributed by atoms with Crippen LogP contribution >= 0.6 is 0 Å². The van der Waals surface area contributed by atoms with E-state index in [-0.39, 0.29) is 5.56 Å². The van der Waals surface area contributed by atoms with Crippen LogP contribution in [0.1, 0.15) is 26.5 Å². The third kappa shape index (κ3) is 3.33. The summed E-state index contributed by atoms with van der Waals surface area (Å²) >= 11 is 0. The number of carbonyl (C=O) groups is 1. The number of aryl methyl sites for hydroxylation is 2. The van der Waals surface area contributed by atoms with Gasteiger partial charge in [0.15, 0.2) is 0 Å². The second-order valence-electron chi connectivity index (χ2n) is 7.13. The van der Waals surface area contributed by atoms with Crippen molar-refractivity contribution < 1.29 is 9.53 Å². The molecule has 3 rings (SSSR count). The standard InChI is InChI=1S/C19H22N4O3/c1-13-11-16(22(20-13)18(25)26-19(2,3)4)15-12-21(5)23(17(15)24)14-9-7-6-8-10-14/h6-12H,1-5H3. The average Bonchev–Trinajstić information content (AvgIpc) is 3.06. The van der Waals surface area contributed by atoms with Gasteiger partial charge in [-0.25, -0.2) is 9.48 Å². The molecule has 0 saturated heterocycles. The lowest BCUT2D eigenvalue weighted by Gasteiger charge is -2.19. The van der Waals surface area contributed by atoms with Crippen LogP contribution in [0.25, 0.3) is 16.9 Å². The van der Waals surface area contributed by atoms with Crippen molar-refractivity contribution in [3.63, 3.8) is 0 Å². The zero-order valence-electron chi connectivity index (χ0n) is 15.6. The van der Waals surface area contributed by atoms with E-state index in [2.05, 4.69) is 5.10 Å². The topological polar surface area (TPSA) is 71.0 Å². The van der Waals surface area contributed by atoms with E-state index >= 15 is 0 Å². The van der Waals surface area contributed by atoms with Crippen molar-refractivity contribution in [2.75, 3.05) is 0 Å². The highest BCUT2D eigenvalue weighted by Crippen LogP contribution is 2.20. The Labute approximate surface area is 151 Å². The van der Waals surface area contributed by atoms with Gasteiger partial charge in [0.1, 0.15) is 5.60 Å². The summed E-state index contributed by atoms with van der Waals surface area (Å²) in [5.41, 5.74) is 1.26. The highest BCUT2D eigenvalue weighted by Gasteiger charge is 2.24. The molecule has 7 nitrogen and oxygen atoms in total. The third-order valence-corrected chi connectivity index (χ3v) is 3.73. The Hall–Kier alpha value is -3.09. The number of rotatable bonds is 2. The normalized spacial score (nSPS) is 11.6. The van der Waals surface area contributed by atoms with Gasteiger partial charge >= 0.3 is 6.09 Å². The van der Waals surface area contributed by atoms with Crippen molar-refractivity contribution >= 4 is 6.09 Å². The third-order valence-electron chi connectivity index (χ3n) is 3.73. The number of nitrogens with zero attached hydrogens (tertiary/aromatic N) is 4. The van der Waals surface area contributed by atoms with Crippen LogP contribution in [0.15, 0.2) is 47.4 Å². The molecule has 0 spiro atoms. The number of hydrogen-bond acceptors (Lipinski definition) is 4. The van der Waals surface area contributed by atoms with E-state index in [4.69, 9.17) is 4.74 Å². The molecule has 0 unspecified atom stereocenters. The van der Waals surface area contributed by atoms with Crippen molar-refractivity contribution in [1.29, 1.82) is 0 Å². The Morgan fingerprint density at radius 2 is 1.81 bits per heavy atom. The predicted molar refractivity (Wildman–Crippen MR) is 98.6 cm³/mol. The number of carbonyl (C=O) groups excluding carboxylic acids is 1. The number of benzene rings is 1. The summed E-state index contributed by atoms with van der Waals surface area (Å²) in [6.07, 6.45) is 1.07. The molecule has 0 aliphatic heterocycles. The molecule has 0 N–H and O–H groups in total. The number of aromatic nitrogens is 4. The van der Waals surface area contributed by atoms with Crippen LogP contribution in [-0.4, -0.2) is 30.8 Å². The van der Waals surface area contributed by atoms with E-state index in [0.29, 0.717) is 17.0 Å². The van der Waals surface area contributed by atoms with Gasteiger partial charge in [0.05, 0.1) is 22.6 Å². The monoisotopic (exact) mass is 354 g/mol. The molecule has 0 aliphatic carbocycles. The van der Waals surface area contributed by atoms with Gasteiger partial charge in [-0.1, -0.05) is 18.2 Å². The molecule has 0 atom stereocenters. The van der Waals surface area contributed by atoms with Crippen LogP contribution in [0.3, 0.4) is 0 Å². The van der Waals surface area contributed by atoms with E-state index in [1.807, 2.05) is 30.3 Å². The van der Waals surface area contributed by atoms with Crippen molar-refractivity contribution in [3.05, 3.63) is 58.6 Å². The lowest BCUT2D eigenvalue weighted by Crippen LogP contribution is -2.28. The molecule has 0 aliphatic rings. The van der Waals surface area contributed by atoms with Gasteiger partial charge in [-0.05, 0) is 45.9 Å². The van der Waals surface area contributed by atoms with Crippen LogP contribution in [-0.2, 0) is 11.8 Å². The molecule has 0 fully saturated rings. The SMILES string of the molecule is Cc1cc(-c2cn(C)n(-c3ccccc3)c2=O)n(C(=O)OC(C)(C)C)n1. The van der Waals surface area contributed by atoms with Gasteiger partial charge in [-0.3, -0.25) is 9.48 Å². The van der Waals surface area contributed by atoms with E-state index < -0.39 is 11.7 Å². The maximum atomic E-state index is 13.0. The molecule has 136 valence electrons. The molecule has 0 amide bonds. The van der Waals surface area contributed by atoms with Crippen LogP contribution < -0.4 is 5.56 Å². The zero-order valence-corrected chi connectivity index (χ0v) is 15.6. The summed E-state index contributed by atoms with van der Waals surface area (Å²) in [6, 6.07) is 11.0. The lowest BCUT2D eigenvalue weighted by atomic mass is 10.2. The summed E-state index contributed by atoms with van der Waals surface area (Å²) in [7, 11) is 1.78. The van der Waals surface area contributed by atoms with E-state index in [9.17, 15) is 9.59 Å². The van der Waals surface area contributed by atoms with Gasteiger partial charge in [-0.15, -0.1) is 0 Å². The van der Waals surface area contributed by atoms with Crippen LogP contribution in [0.5, 0.6) is 0 Å². The average molecular weight is 354 g/mol. The van der Waals surface area contributed by atoms with E-state index in [1.54, 1.807) is 51.7 Å². The Kier molecular flexibility index (Phi) is 4.31. The number of para-hydroxylation sites is 1. The van der Waals surface area contributed by atoms with Gasteiger partial charge in [0.2, 0.25) is 0 Å². The fraction of sp³-hybridized carbons (Fsp3) is 0.316. The first-order valence-electron chi connectivity index (χ1n) is 8.32. The van der Waals surface area contributed by atoms with Crippen molar-refractivity contribution in [1.82, 2.24) is 19.1 Å². The highest BCUT2D eigenvalue weighted by molar-refractivity contribution is 5.77. The molecule has 2 heterocycles. The Balaban J connectivity index is 2.12. The molecule has 0 bridgehead atoms. The first-order chi connectivity index (χ1) is 12.2. The van der Waals surface area contributed by atoms with Gasteiger partial charge in [0.25, 0.3) is 5.56 Å². The summed E-state index contributed by atoms with van der Waals surface area (Å²) in [6.45, 7) is 7.12. The molecule has 1 aromatic carbocycles. The second kappa shape index (κ2) is 6.33. The molecule has 26 heavy (non-hydrogen) atoms. The Morgan fingerprint density at radius 1 is 1.15 bits per heavy atom. The molecule has 0 radical (unpaired) electrons.